The normalized spacial score (nSPS) is 10.6. The van der Waals surface area contributed by atoms with E-state index in [9.17, 15) is 9.59 Å². The average molecular weight is 533 g/mol. The first-order valence-electron chi connectivity index (χ1n) is 11.5. The molecule has 3 N–H and O–H groups in total. The molecule has 0 fully saturated rings. The Labute approximate surface area is 225 Å². The van der Waals surface area contributed by atoms with Gasteiger partial charge in [-0.15, -0.1) is 0 Å². The smallest absolute Gasteiger partial charge is 0.297 e. The largest absolute Gasteiger partial charge is 0.493 e. The van der Waals surface area contributed by atoms with Crippen molar-refractivity contribution < 1.29 is 28.5 Å². The van der Waals surface area contributed by atoms with Crippen molar-refractivity contribution in [1.82, 2.24) is 10.9 Å². The van der Waals surface area contributed by atoms with Crippen LogP contribution in [0.15, 0.2) is 82.0 Å². The second-order valence-electron chi connectivity index (χ2n) is 7.57. The quantitative estimate of drug-likeness (QED) is 0.185. The van der Waals surface area contributed by atoms with Crippen molar-refractivity contribution in [1.29, 1.82) is 0 Å². The van der Waals surface area contributed by atoms with Crippen LogP contribution in [0.4, 0.5) is 5.69 Å². The number of amides is 2. The molecule has 0 bridgehead atoms. The number of rotatable bonds is 12. The van der Waals surface area contributed by atoms with E-state index in [1.165, 1.54) is 40.9 Å². The van der Waals surface area contributed by atoms with Gasteiger partial charge in [0.2, 0.25) is 5.71 Å². The molecule has 202 valence electrons. The minimum Gasteiger partial charge on any atom is -0.493 e. The number of anilines is 1. The first-order valence-corrected chi connectivity index (χ1v) is 11.5. The third-order valence-corrected chi connectivity index (χ3v) is 5.08. The Morgan fingerprint density at radius 2 is 1.10 bits per heavy atom. The van der Waals surface area contributed by atoms with Gasteiger partial charge in [0.15, 0.2) is 23.0 Å². The van der Waals surface area contributed by atoms with Crippen molar-refractivity contribution in [3.63, 3.8) is 0 Å². The van der Waals surface area contributed by atoms with Gasteiger partial charge in [-0.05, 0) is 59.7 Å². The molecular weight excluding hydrogens is 504 g/mol. The summed E-state index contributed by atoms with van der Waals surface area (Å²) in [6, 6.07) is 19.0. The Balaban J connectivity index is 1.74. The standard InChI is InChI=1S/C27H28N6O6/c1-36-21-12-10-18(14-23(21)38-3)16-28-32-26(34)25(31-30-20-8-6-5-7-9-20)27(35)33-29-17-19-11-13-22(37-2)24(15-19)39-4/h5-17,30H,1-4H3,(H,32,34)(H,33,35)/b28-16-,29-17-. The van der Waals surface area contributed by atoms with E-state index in [4.69, 9.17) is 18.9 Å². The van der Waals surface area contributed by atoms with E-state index in [2.05, 4.69) is 31.6 Å². The molecule has 0 saturated carbocycles. The fourth-order valence-corrected chi connectivity index (χ4v) is 3.14. The summed E-state index contributed by atoms with van der Waals surface area (Å²) in [6.45, 7) is 0. The number of hydrazone groups is 3. The zero-order valence-corrected chi connectivity index (χ0v) is 21.8. The van der Waals surface area contributed by atoms with Crippen LogP contribution in [0.25, 0.3) is 0 Å². The summed E-state index contributed by atoms with van der Waals surface area (Å²) in [4.78, 5) is 25.6. The molecule has 12 heteroatoms. The number of benzene rings is 3. The highest BCUT2D eigenvalue weighted by Crippen LogP contribution is 2.27. The molecule has 3 aromatic rings. The van der Waals surface area contributed by atoms with Gasteiger partial charge in [-0.3, -0.25) is 15.0 Å². The van der Waals surface area contributed by atoms with Crippen LogP contribution in [0, 0.1) is 0 Å². The van der Waals surface area contributed by atoms with Crippen LogP contribution in [0.2, 0.25) is 0 Å². The summed E-state index contributed by atoms with van der Waals surface area (Å²) >= 11 is 0. The Bertz CT molecular complexity index is 1290. The van der Waals surface area contributed by atoms with Gasteiger partial charge in [-0.25, -0.2) is 10.9 Å². The second kappa shape index (κ2) is 14.4. The predicted molar refractivity (Wildman–Crippen MR) is 148 cm³/mol. The molecule has 0 spiro atoms. The van der Waals surface area contributed by atoms with Gasteiger partial charge < -0.3 is 18.9 Å². The molecule has 3 rings (SSSR count). The highest BCUT2D eigenvalue weighted by Gasteiger charge is 2.20. The monoisotopic (exact) mass is 532 g/mol. The summed E-state index contributed by atoms with van der Waals surface area (Å²) in [6.07, 6.45) is 2.77. The fourth-order valence-electron chi connectivity index (χ4n) is 3.14. The van der Waals surface area contributed by atoms with E-state index < -0.39 is 17.5 Å². The van der Waals surface area contributed by atoms with E-state index in [0.29, 0.717) is 39.8 Å². The van der Waals surface area contributed by atoms with Crippen molar-refractivity contribution >= 4 is 35.6 Å². The van der Waals surface area contributed by atoms with Crippen molar-refractivity contribution in [3.05, 3.63) is 77.9 Å². The van der Waals surface area contributed by atoms with E-state index in [-0.39, 0.29) is 0 Å². The lowest BCUT2D eigenvalue weighted by Gasteiger charge is -2.08. The maximum absolute atomic E-state index is 12.8. The zero-order valence-electron chi connectivity index (χ0n) is 21.8. The van der Waals surface area contributed by atoms with Crippen molar-refractivity contribution in [2.45, 2.75) is 0 Å². The Morgan fingerprint density at radius 3 is 1.54 bits per heavy atom. The Hall–Kier alpha value is -5.39. The molecule has 0 unspecified atom stereocenters. The maximum Gasteiger partial charge on any atom is 0.297 e. The minimum atomic E-state index is -0.867. The lowest BCUT2D eigenvalue weighted by molar-refractivity contribution is -0.118. The van der Waals surface area contributed by atoms with Gasteiger partial charge in [-0.1, -0.05) is 18.2 Å². The summed E-state index contributed by atoms with van der Waals surface area (Å²) < 4.78 is 20.9. The SMILES string of the molecule is COc1ccc(/C=N\NC(=O)C(=NNc2ccccc2)C(=O)N/N=C\c2ccc(OC)c(OC)c2)cc1OC. The lowest BCUT2D eigenvalue weighted by atomic mass is 10.2. The Morgan fingerprint density at radius 1 is 0.641 bits per heavy atom. The molecule has 39 heavy (non-hydrogen) atoms. The Kier molecular flexibility index (Phi) is 10.4. The number of nitrogens with zero attached hydrogens (tertiary/aromatic N) is 3. The maximum atomic E-state index is 12.8. The molecule has 0 aromatic heterocycles. The fraction of sp³-hybridized carbons (Fsp3) is 0.148. The number of nitrogens with one attached hydrogen (secondary N) is 3. The number of hydrogen-bond acceptors (Lipinski definition) is 10. The van der Waals surface area contributed by atoms with Crippen molar-refractivity contribution in [2.24, 2.45) is 15.3 Å². The van der Waals surface area contributed by atoms with Gasteiger partial charge in [0.05, 0.1) is 46.6 Å². The van der Waals surface area contributed by atoms with Crippen LogP contribution < -0.4 is 35.2 Å². The van der Waals surface area contributed by atoms with Gasteiger partial charge in [0.25, 0.3) is 11.8 Å². The first kappa shape index (κ1) is 28.2. The molecule has 0 atom stereocenters. The number of carbonyl (C=O) groups is 2. The molecular formula is C27H28N6O6. The van der Waals surface area contributed by atoms with Crippen LogP contribution in [-0.4, -0.2) is 58.4 Å². The highest BCUT2D eigenvalue weighted by atomic mass is 16.5. The molecule has 0 aliphatic heterocycles. The molecule has 0 aliphatic carbocycles. The van der Waals surface area contributed by atoms with Crippen molar-refractivity contribution in [3.8, 4) is 23.0 Å². The number of hydrogen-bond donors (Lipinski definition) is 3. The third kappa shape index (κ3) is 8.05. The van der Waals surface area contributed by atoms with Gasteiger partial charge in [0.1, 0.15) is 0 Å². The van der Waals surface area contributed by atoms with E-state index >= 15 is 0 Å². The second-order valence-corrected chi connectivity index (χ2v) is 7.57. The predicted octanol–water partition coefficient (Wildman–Crippen LogP) is 2.79. The van der Waals surface area contributed by atoms with Crippen LogP contribution in [0.3, 0.4) is 0 Å². The number of para-hydroxylation sites is 1. The lowest BCUT2D eigenvalue weighted by Crippen LogP contribution is -2.39. The topological polar surface area (TPSA) is 144 Å². The molecule has 0 heterocycles. The number of ether oxygens (including phenoxy) is 4. The minimum absolute atomic E-state index is 0.494. The molecule has 0 saturated heterocycles. The molecule has 0 radical (unpaired) electrons. The number of methoxy groups -OCH3 is 4. The van der Waals surface area contributed by atoms with Crippen LogP contribution in [0.1, 0.15) is 11.1 Å². The highest BCUT2D eigenvalue weighted by molar-refractivity contribution is 6.65. The first-order chi connectivity index (χ1) is 19.0. The van der Waals surface area contributed by atoms with E-state index in [0.717, 1.165) is 0 Å². The van der Waals surface area contributed by atoms with Crippen LogP contribution in [-0.2, 0) is 9.59 Å². The molecule has 3 aromatic carbocycles. The summed E-state index contributed by atoms with van der Waals surface area (Å²) in [5.74, 6) is 0.348. The zero-order chi connectivity index (χ0) is 28.0. The molecule has 0 aliphatic rings. The third-order valence-electron chi connectivity index (χ3n) is 5.08. The average Bonchev–Trinajstić information content (AvgIpc) is 2.97. The summed E-state index contributed by atoms with van der Waals surface area (Å²) in [5.41, 5.74) is 8.58. The summed E-state index contributed by atoms with van der Waals surface area (Å²) in [7, 11) is 6.07. The van der Waals surface area contributed by atoms with Crippen molar-refractivity contribution in [2.75, 3.05) is 33.9 Å². The molecule has 12 nitrogen and oxygen atoms in total. The van der Waals surface area contributed by atoms with Crippen LogP contribution in [0.5, 0.6) is 23.0 Å². The summed E-state index contributed by atoms with van der Waals surface area (Å²) in [5, 5.41) is 11.8. The van der Waals surface area contributed by atoms with Gasteiger partial charge in [-0.2, -0.15) is 15.3 Å². The van der Waals surface area contributed by atoms with E-state index in [1.54, 1.807) is 60.7 Å². The van der Waals surface area contributed by atoms with Gasteiger partial charge in [0, 0.05) is 0 Å². The number of carbonyl (C=O) groups excluding carboxylic acids is 2. The molecule has 2 amide bonds. The van der Waals surface area contributed by atoms with E-state index in [1.807, 2.05) is 6.07 Å². The van der Waals surface area contributed by atoms with Gasteiger partial charge >= 0.3 is 0 Å². The van der Waals surface area contributed by atoms with Crippen LogP contribution >= 0.6 is 0 Å².